The van der Waals surface area contributed by atoms with E-state index < -0.39 is 0 Å². The number of carbonyl (C=O) groups is 1. The molecule has 1 aromatic carbocycles. The van der Waals surface area contributed by atoms with Gasteiger partial charge in [0.15, 0.2) is 5.96 Å². The number of guanidine groups is 1. The highest BCUT2D eigenvalue weighted by Gasteiger charge is 2.29. The lowest BCUT2D eigenvalue weighted by Gasteiger charge is -2.24. The van der Waals surface area contributed by atoms with Gasteiger partial charge in [-0.2, -0.15) is 0 Å². The molecule has 0 bridgehead atoms. The molecule has 2 aliphatic heterocycles. The third-order valence-corrected chi connectivity index (χ3v) is 6.47. The van der Waals surface area contributed by atoms with Gasteiger partial charge in [0.2, 0.25) is 5.91 Å². The Balaban J connectivity index is 1.49. The summed E-state index contributed by atoms with van der Waals surface area (Å²) in [6.07, 6.45) is 5.52. The summed E-state index contributed by atoms with van der Waals surface area (Å²) >= 11 is 0. The van der Waals surface area contributed by atoms with Crippen LogP contribution in [0.15, 0.2) is 29.3 Å². The molecule has 2 aliphatic rings. The van der Waals surface area contributed by atoms with Gasteiger partial charge < -0.3 is 15.1 Å². The van der Waals surface area contributed by atoms with E-state index >= 15 is 0 Å². The van der Waals surface area contributed by atoms with Crippen molar-refractivity contribution in [2.45, 2.75) is 59.0 Å². The van der Waals surface area contributed by atoms with Gasteiger partial charge in [0, 0.05) is 46.2 Å². The number of nitrogens with one attached hydrogen (secondary N) is 1. The van der Waals surface area contributed by atoms with Gasteiger partial charge in [-0.25, -0.2) is 0 Å². The molecule has 1 amide bonds. The van der Waals surface area contributed by atoms with Crippen molar-refractivity contribution in [1.82, 2.24) is 15.1 Å². The van der Waals surface area contributed by atoms with E-state index in [9.17, 15) is 4.79 Å². The largest absolute Gasteiger partial charge is 0.352 e. The Hall–Kier alpha value is -2.04. The second kappa shape index (κ2) is 9.94. The quantitative estimate of drug-likeness (QED) is 0.577. The van der Waals surface area contributed by atoms with E-state index in [0.717, 1.165) is 56.9 Å². The number of likely N-dealkylation sites (tertiary alicyclic amines) is 2. The summed E-state index contributed by atoms with van der Waals surface area (Å²) in [6, 6.07) is 8.61. The van der Waals surface area contributed by atoms with Crippen LogP contribution < -0.4 is 5.32 Å². The van der Waals surface area contributed by atoms with Crippen LogP contribution in [-0.2, 0) is 17.9 Å². The minimum absolute atomic E-state index is 0.284. The molecule has 3 rings (SSSR count). The predicted octanol–water partition coefficient (Wildman–Crippen LogP) is 3.64. The zero-order chi connectivity index (χ0) is 19.9. The maximum Gasteiger partial charge on any atom is 0.222 e. The normalized spacial score (nSPS) is 20.5. The van der Waals surface area contributed by atoms with E-state index in [-0.39, 0.29) is 5.91 Å². The van der Waals surface area contributed by atoms with Gasteiger partial charge in [-0.15, -0.1) is 0 Å². The van der Waals surface area contributed by atoms with E-state index in [2.05, 4.69) is 53.3 Å². The van der Waals surface area contributed by atoms with Crippen LogP contribution in [0.5, 0.6) is 0 Å². The van der Waals surface area contributed by atoms with E-state index in [4.69, 9.17) is 0 Å². The molecule has 2 heterocycles. The Morgan fingerprint density at radius 1 is 1.18 bits per heavy atom. The number of aliphatic imine (C=N–C) groups is 1. The lowest BCUT2D eigenvalue weighted by Crippen LogP contribution is -2.40. The minimum atomic E-state index is 0.284. The lowest BCUT2D eigenvalue weighted by molar-refractivity contribution is -0.128. The minimum Gasteiger partial charge on any atom is -0.352 e. The molecule has 154 valence electrons. The molecule has 0 radical (unpaired) electrons. The van der Waals surface area contributed by atoms with Gasteiger partial charge in [0.1, 0.15) is 0 Å². The molecule has 2 saturated heterocycles. The van der Waals surface area contributed by atoms with E-state index in [1.54, 1.807) is 0 Å². The zero-order valence-electron chi connectivity index (χ0n) is 17.8. The number of hydrogen-bond donors (Lipinski definition) is 1. The number of carbonyl (C=O) groups excluding carboxylic acids is 1. The molecule has 2 fully saturated rings. The maximum atomic E-state index is 11.8. The first-order chi connectivity index (χ1) is 13.6. The number of nitrogens with zero attached hydrogens (tertiary/aromatic N) is 3. The zero-order valence-corrected chi connectivity index (χ0v) is 17.8. The molecule has 5 nitrogen and oxygen atoms in total. The lowest BCUT2D eigenvalue weighted by atomic mass is 9.87. The van der Waals surface area contributed by atoms with Gasteiger partial charge in [0.05, 0.1) is 0 Å². The Morgan fingerprint density at radius 3 is 2.50 bits per heavy atom. The van der Waals surface area contributed by atoms with Crippen LogP contribution >= 0.6 is 0 Å². The molecular formula is C23H36N4O. The molecule has 0 saturated carbocycles. The summed E-state index contributed by atoms with van der Waals surface area (Å²) in [7, 11) is 1.88. The fraction of sp³-hybridized carbons (Fsp3) is 0.652. The Bertz CT molecular complexity index is 666. The summed E-state index contributed by atoms with van der Waals surface area (Å²) in [5.41, 5.74) is 2.45. The summed E-state index contributed by atoms with van der Waals surface area (Å²) in [6.45, 7) is 9.26. The summed E-state index contributed by atoms with van der Waals surface area (Å²) < 4.78 is 0. The fourth-order valence-electron chi connectivity index (χ4n) is 4.69. The first-order valence-electron chi connectivity index (χ1n) is 11.0. The molecule has 0 aromatic heterocycles. The van der Waals surface area contributed by atoms with Crippen molar-refractivity contribution >= 4 is 11.9 Å². The average Bonchev–Trinajstić information content (AvgIpc) is 3.35. The molecule has 1 N–H and O–H groups in total. The van der Waals surface area contributed by atoms with Gasteiger partial charge in [-0.3, -0.25) is 9.79 Å². The first kappa shape index (κ1) is 20.7. The van der Waals surface area contributed by atoms with Gasteiger partial charge in [-0.05, 0) is 35.8 Å². The van der Waals surface area contributed by atoms with Gasteiger partial charge in [-0.1, -0.05) is 51.0 Å². The van der Waals surface area contributed by atoms with Crippen molar-refractivity contribution in [3.63, 3.8) is 0 Å². The molecule has 0 aliphatic carbocycles. The second-order valence-corrected chi connectivity index (χ2v) is 8.21. The van der Waals surface area contributed by atoms with Gasteiger partial charge in [0.25, 0.3) is 0 Å². The second-order valence-electron chi connectivity index (χ2n) is 8.21. The molecule has 1 unspecified atom stereocenters. The highest BCUT2D eigenvalue weighted by atomic mass is 16.2. The Kier molecular flexibility index (Phi) is 7.35. The molecule has 5 heteroatoms. The Labute approximate surface area is 170 Å². The summed E-state index contributed by atoms with van der Waals surface area (Å²) in [4.78, 5) is 20.7. The van der Waals surface area contributed by atoms with Crippen LogP contribution in [0, 0.1) is 11.8 Å². The summed E-state index contributed by atoms with van der Waals surface area (Å²) in [5.74, 6) is 2.92. The predicted molar refractivity (Wildman–Crippen MR) is 115 cm³/mol. The van der Waals surface area contributed by atoms with Crippen molar-refractivity contribution in [3.8, 4) is 0 Å². The van der Waals surface area contributed by atoms with E-state index in [0.29, 0.717) is 6.42 Å². The van der Waals surface area contributed by atoms with Crippen molar-refractivity contribution in [2.75, 3.05) is 26.7 Å². The first-order valence-corrected chi connectivity index (χ1v) is 11.0. The van der Waals surface area contributed by atoms with E-state index in [1.807, 2.05) is 11.9 Å². The van der Waals surface area contributed by atoms with Crippen LogP contribution in [0.1, 0.15) is 57.1 Å². The SMILES string of the molecule is CCC(CC)C1CCN(C(=NC)NCc2ccc(CN3CCCC3=O)cc2)C1. The third kappa shape index (κ3) is 5.06. The number of hydrogen-bond acceptors (Lipinski definition) is 2. The third-order valence-electron chi connectivity index (χ3n) is 6.47. The van der Waals surface area contributed by atoms with Crippen molar-refractivity contribution < 1.29 is 4.79 Å². The summed E-state index contributed by atoms with van der Waals surface area (Å²) in [5, 5.41) is 3.53. The fourth-order valence-corrected chi connectivity index (χ4v) is 4.69. The topological polar surface area (TPSA) is 47.9 Å². The average molecular weight is 385 g/mol. The Morgan fingerprint density at radius 2 is 1.89 bits per heavy atom. The number of benzene rings is 1. The van der Waals surface area contributed by atoms with Crippen molar-refractivity contribution in [3.05, 3.63) is 35.4 Å². The maximum absolute atomic E-state index is 11.8. The molecule has 0 spiro atoms. The van der Waals surface area contributed by atoms with Crippen LogP contribution in [0.2, 0.25) is 0 Å². The number of amides is 1. The number of rotatable bonds is 7. The van der Waals surface area contributed by atoms with Crippen LogP contribution in [-0.4, -0.2) is 48.3 Å². The van der Waals surface area contributed by atoms with E-state index in [1.165, 1.54) is 30.4 Å². The van der Waals surface area contributed by atoms with Crippen molar-refractivity contribution in [2.24, 2.45) is 16.8 Å². The smallest absolute Gasteiger partial charge is 0.222 e. The highest BCUT2D eigenvalue weighted by molar-refractivity contribution is 5.80. The van der Waals surface area contributed by atoms with Crippen LogP contribution in [0.25, 0.3) is 0 Å². The monoisotopic (exact) mass is 384 g/mol. The molecule has 1 aromatic rings. The standard InChI is InChI=1S/C23H36N4O/c1-4-20(5-2)21-12-14-27(17-21)23(24-3)25-15-18-8-10-19(11-9-18)16-26-13-6-7-22(26)28/h8-11,20-21H,4-7,12-17H2,1-3H3,(H,24,25). The molecular weight excluding hydrogens is 348 g/mol. The van der Waals surface area contributed by atoms with Crippen LogP contribution in [0.3, 0.4) is 0 Å². The van der Waals surface area contributed by atoms with Crippen LogP contribution in [0.4, 0.5) is 0 Å². The molecule has 28 heavy (non-hydrogen) atoms. The molecule has 1 atom stereocenters. The van der Waals surface area contributed by atoms with Crippen molar-refractivity contribution in [1.29, 1.82) is 0 Å². The van der Waals surface area contributed by atoms with Gasteiger partial charge >= 0.3 is 0 Å². The highest BCUT2D eigenvalue weighted by Crippen LogP contribution is 2.28.